The second-order valence-electron chi connectivity index (χ2n) is 6.64. The molecule has 21 heavy (non-hydrogen) atoms. The summed E-state index contributed by atoms with van der Waals surface area (Å²) in [5, 5.41) is 15.2. The maximum absolute atomic E-state index is 12.3. The molecule has 1 amide bonds. The van der Waals surface area contributed by atoms with Gasteiger partial charge in [0.05, 0.1) is 6.04 Å². The number of hydrogen-bond donors (Lipinski definition) is 3. The molecule has 2 aliphatic rings. The summed E-state index contributed by atoms with van der Waals surface area (Å²) in [6.07, 6.45) is 8.69. The average molecular weight is 296 g/mol. The van der Waals surface area contributed by atoms with Crippen molar-refractivity contribution in [2.45, 2.75) is 82.8 Å². The fourth-order valence-corrected chi connectivity index (χ4v) is 3.68. The Morgan fingerprint density at radius 1 is 1.24 bits per heavy atom. The maximum Gasteiger partial charge on any atom is 0.303 e. The third kappa shape index (κ3) is 4.99. The van der Waals surface area contributed by atoms with Crippen LogP contribution in [0, 0.1) is 5.92 Å². The minimum atomic E-state index is -0.772. The van der Waals surface area contributed by atoms with Gasteiger partial charge in [-0.15, -0.1) is 0 Å². The quantitative estimate of drug-likeness (QED) is 0.701. The summed E-state index contributed by atoms with van der Waals surface area (Å²) in [6, 6.07) is 0.500. The number of carbonyl (C=O) groups is 2. The highest BCUT2D eigenvalue weighted by Gasteiger charge is 2.34. The molecule has 2 fully saturated rings. The van der Waals surface area contributed by atoms with Crippen LogP contribution in [0.2, 0.25) is 0 Å². The van der Waals surface area contributed by atoms with Gasteiger partial charge >= 0.3 is 5.97 Å². The van der Waals surface area contributed by atoms with Crippen LogP contribution >= 0.6 is 0 Å². The Bertz CT molecular complexity index is 373. The number of rotatable bonds is 6. The number of hydrogen-bond acceptors (Lipinski definition) is 3. The molecule has 3 N–H and O–H groups in total. The van der Waals surface area contributed by atoms with Crippen LogP contribution in [0.1, 0.15) is 64.7 Å². The minimum Gasteiger partial charge on any atom is -0.481 e. The van der Waals surface area contributed by atoms with E-state index >= 15 is 0 Å². The van der Waals surface area contributed by atoms with Crippen LogP contribution in [-0.4, -0.2) is 35.1 Å². The number of nitrogens with one attached hydrogen (secondary N) is 2. The maximum atomic E-state index is 12.3. The number of piperidine rings is 1. The number of carboxylic acid groups (broad SMARTS) is 1. The van der Waals surface area contributed by atoms with Crippen molar-refractivity contribution < 1.29 is 14.7 Å². The topological polar surface area (TPSA) is 78.4 Å². The fourth-order valence-electron chi connectivity index (χ4n) is 3.68. The predicted molar refractivity (Wildman–Crippen MR) is 81.0 cm³/mol. The van der Waals surface area contributed by atoms with E-state index in [2.05, 4.69) is 10.6 Å². The van der Waals surface area contributed by atoms with Gasteiger partial charge < -0.3 is 15.7 Å². The van der Waals surface area contributed by atoms with E-state index in [0.29, 0.717) is 12.5 Å². The van der Waals surface area contributed by atoms with Gasteiger partial charge in [-0.3, -0.25) is 9.59 Å². The predicted octanol–water partition coefficient (Wildman–Crippen LogP) is 2.06. The molecule has 0 aromatic rings. The first-order valence-electron chi connectivity index (χ1n) is 8.34. The number of aliphatic carboxylic acids is 1. The van der Waals surface area contributed by atoms with Crippen molar-refractivity contribution >= 4 is 11.9 Å². The second kappa shape index (κ2) is 7.78. The molecule has 1 aliphatic carbocycles. The van der Waals surface area contributed by atoms with Gasteiger partial charge in [0, 0.05) is 18.5 Å². The van der Waals surface area contributed by atoms with Gasteiger partial charge in [0.15, 0.2) is 0 Å². The summed E-state index contributed by atoms with van der Waals surface area (Å²) in [5.74, 6) is 0.0726. The fraction of sp³-hybridized carbons (Fsp3) is 0.875. The van der Waals surface area contributed by atoms with Crippen LogP contribution in [-0.2, 0) is 9.59 Å². The minimum absolute atomic E-state index is 0.0442. The van der Waals surface area contributed by atoms with E-state index in [1.54, 1.807) is 0 Å². The lowest BCUT2D eigenvalue weighted by Crippen LogP contribution is -2.55. The monoisotopic (exact) mass is 296 g/mol. The molecule has 5 nitrogen and oxygen atoms in total. The Morgan fingerprint density at radius 3 is 2.76 bits per heavy atom. The molecule has 0 radical (unpaired) electrons. The van der Waals surface area contributed by atoms with E-state index in [1.807, 2.05) is 6.92 Å². The van der Waals surface area contributed by atoms with E-state index in [-0.39, 0.29) is 24.4 Å². The van der Waals surface area contributed by atoms with Gasteiger partial charge in [0.2, 0.25) is 5.91 Å². The summed E-state index contributed by atoms with van der Waals surface area (Å²) in [7, 11) is 0. The van der Waals surface area contributed by atoms with Crippen LogP contribution in [0.3, 0.4) is 0 Å². The summed E-state index contributed by atoms with van der Waals surface area (Å²) in [5.41, 5.74) is 0. The molecular weight excluding hydrogens is 268 g/mol. The second-order valence-corrected chi connectivity index (χ2v) is 6.64. The van der Waals surface area contributed by atoms with Gasteiger partial charge in [-0.25, -0.2) is 0 Å². The van der Waals surface area contributed by atoms with E-state index in [9.17, 15) is 9.59 Å². The van der Waals surface area contributed by atoms with Crippen LogP contribution in [0.25, 0.3) is 0 Å². The zero-order valence-electron chi connectivity index (χ0n) is 12.9. The standard InChI is InChI=1S/C16H28N2O3/c1-11(5-4-8-15(19)20)17-16(21)14-10-9-12-6-2-3-7-13(12)18-14/h11-14,18H,2-10H2,1H3,(H,17,21)(H,19,20). The first kappa shape index (κ1) is 16.3. The summed E-state index contributed by atoms with van der Waals surface area (Å²) in [4.78, 5) is 22.8. The van der Waals surface area contributed by atoms with Crippen LogP contribution in [0.15, 0.2) is 0 Å². The SMILES string of the molecule is CC(CCCC(=O)O)NC(=O)C1CCC2CCCCC2N1. The molecule has 1 aliphatic heterocycles. The molecule has 1 saturated heterocycles. The van der Waals surface area contributed by atoms with Crippen LogP contribution < -0.4 is 10.6 Å². The number of fused-ring (bicyclic) bond motifs is 1. The summed E-state index contributed by atoms with van der Waals surface area (Å²) < 4.78 is 0. The van der Waals surface area contributed by atoms with Crippen molar-refractivity contribution in [1.29, 1.82) is 0 Å². The Morgan fingerprint density at radius 2 is 2.00 bits per heavy atom. The van der Waals surface area contributed by atoms with Gasteiger partial charge in [-0.1, -0.05) is 12.8 Å². The van der Waals surface area contributed by atoms with E-state index < -0.39 is 5.97 Å². The zero-order valence-corrected chi connectivity index (χ0v) is 12.9. The van der Waals surface area contributed by atoms with E-state index in [1.165, 1.54) is 25.7 Å². The van der Waals surface area contributed by atoms with Gasteiger partial charge in [-0.05, 0) is 51.4 Å². The van der Waals surface area contributed by atoms with Crippen molar-refractivity contribution in [3.8, 4) is 0 Å². The van der Waals surface area contributed by atoms with Crippen molar-refractivity contribution in [3.63, 3.8) is 0 Å². The van der Waals surface area contributed by atoms with Crippen molar-refractivity contribution in [2.75, 3.05) is 0 Å². The first-order chi connectivity index (χ1) is 10.1. The Balaban J connectivity index is 1.71. The molecule has 5 heteroatoms. The average Bonchev–Trinajstić information content (AvgIpc) is 2.46. The third-order valence-electron chi connectivity index (χ3n) is 4.88. The molecule has 120 valence electrons. The molecule has 0 aromatic carbocycles. The number of carboxylic acids is 1. The van der Waals surface area contributed by atoms with Crippen LogP contribution in [0.5, 0.6) is 0 Å². The molecule has 1 heterocycles. The lowest BCUT2D eigenvalue weighted by molar-refractivity contribution is -0.137. The zero-order chi connectivity index (χ0) is 15.2. The van der Waals surface area contributed by atoms with Gasteiger partial charge in [0.1, 0.15) is 0 Å². The molecular formula is C16H28N2O3. The molecule has 0 bridgehead atoms. The molecule has 1 saturated carbocycles. The first-order valence-corrected chi connectivity index (χ1v) is 8.34. The molecule has 4 atom stereocenters. The van der Waals surface area contributed by atoms with Crippen molar-refractivity contribution in [1.82, 2.24) is 10.6 Å². The highest BCUT2D eigenvalue weighted by atomic mass is 16.4. The van der Waals surface area contributed by atoms with E-state index in [4.69, 9.17) is 5.11 Å². The Labute approximate surface area is 126 Å². The van der Waals surface area contributed by atoms with Gasteiger partial charge in [0.25, 0.3) is 0 Å². The molecule has 4 unspecified atom stereocenters. The smallest absolute Gasteiger partial charge is 0.303 e. The summed E-state index contributed by atoms with van der Waals surface area (Å²) in [6.45, 7) is 1.95. The van der Waals surface area contributed by atoms with Crippen molar-refractivity contribution in [3.05, 3.63) is 0 Å². The van der Waals surface area contributed by atoms with Gasteiger partial charge in [-0.2, -0.15) is 0 Å². The highest BCUT2D eigenvalue weighted by Crippen LogP contribution is 2.32. The van der Waals surface area contributed by atoms with Crippen molar-refractivity contribution in [2.24, 2.45) is 5.92 Å². The third-order valence-corrected chi connectivity index (χ3v) is 4.88. The van der Waals surface area contributed by atoms with Crippen LogP contribution in [0.4, 0.5) is 0 Å². The van der Waals surface area contributed by atoms with E-state index in [0.717, 1.165) is 25.2 Å². The highest BCUT2D eigenvalue weighted by molar-refractivity contribution is 5.82. The molecule has 0 spiro atoms. The molecule has 2 rings (SSSR count). The Kier molecular flexibility index (Phi) is 6.03. The summed E-state index contributed by atoms with van der Waals surface area (Å²) >= 11 is 0. The normalized spacial score (nSPS) is 30.2. The largest absolute Gasteiger partial charge is 0.481 e. The number of amides is 1. The molecule has 0 aromatic heterocycles. The lowest BCUT2D eigenvalue weighted by Gasteiger charge is -2.40. The Hall–Kier alpha value is -1.10. The number of carbonyl (C=O) groups excluding carboxylic acids is 1. The lowest BCUT2D eigenvalue weighted by atomic mass is 9.77.